The fourth-order valence-corrected chi connectivity index (χ4v) is 3.66. The zero-order chi connectivity index (χ0) is 21.1. The molecular weight excluding hydrogens is 366 g/mol. The SMILES string of the molecule is CCC[C@@H](C(=O)OCC)N(N=O)[C@@H](C)C(=O)N[C@@H](CC1CCCCC1)C(=O)O. The monoisotopic (exact) mass is 399 g/mol. The number of esters is 1. The number of nitrogens with zero attached hydrogens (tertiary/aromatic N) is 2. The van der Waals surface area contributed by atoms with E-state index in [1.165, 1.54) is 6.92 Å². The zero-order valence-electron chi connectivity index (χ0n) is 17.1. The van der Waals surface area contributed by atoms with Crippen LogP contribution in [0.15, 0.2) is 5.29 Å². The van der Waals surface area contributed by atoms with Gasteiger partial charge in [-0.15, -0.1) is 4.91 Å². The van der Waals surface area contributed by atoms with Crippen LogP contribution in [-0.4, -0.2) is 52.7 Å². The first-order chi connectivity index (χ1) is 13.3. The fourth-order valence-electron chi connectivity index (χ4n) is 3.66. The molecule has 2 N–H and O–H groups in total. The highest BCUT2D eigenvalue weighted by atomic mass is 16.5. The van der Waals surface area contributed by atoms with E-state index in [1.807, 2.05) is 6.92 Å². The Morgan fingerprint density at radius 1 is 1.21 bits per heavy atom. The minimum Gasteiger partial charge on any atom is -0.480 e. The molecular formula is C19H33N3O6. The molecule has 0 radical (unpaired) electrons. The summed E-state index contributed by atoms with van der Waals surface area (Å²) in [6.45, 7) is 5.07. The summed E-state index contributed by atoms with van der Waals surface area (Å²) in [5.41, 5.74) is 0. The number of carbonyl (C=O) groups excluding carboxylic acids is 2. The number of nitrogens with one attached hydrogen (secondary N) is 1. The van der Waals surface area contributed by atoms with Gasteiger partial charge in [0.2, 0.25) is 5.91 Å². The number of rotatable bonds is 12. The average molecular weight is 399 g/mol. The number of carbonyl (C=O) groups is 3. The summed E-state index contributed by atoms with van der Waals surface area (Å²) >= 11 is 0. The summed E-state index contributed by atoms with van der Waals surface area (Å²) in [5, 5.41) is 15.8. The van der Waals surface area contributed by atoms with E-state index in [0.717, 1.165) is 37.1 Å². The second kappa shape index (κ2) is 12.3. The van der Waals surface area contributed by atoms with E-state index in [0.29, 0.717) is 19.3 Å². The standard InChI is InChI=1S/C19H33N3O6/c1-4-9-16(19(26)28-5-2)22(21-27)13(3)17(23)20-15(18(24)25)12-14-10-7-6-8-11-14/h13-16H,4-12H2,1-3H3,(H,20,23)(H,24,25)/t13-,15-,16-/m0/s1. The number of hydrogen-bond donors (Lipinski definition) is 2. The van der Waals surface area contributed by atoms with Crippen molar-refractivity contribution in [1.82, 2.24) is 10.3 Å². The molecule has 1 fully saturated rings. The summed E-state index contributed by atoms with van der Waals surface area (Å²) in [6.07, 6.45) is 6.46. The van der Waals surface area contributed by atoms with Crippen LogP contribution in [0, 0.1) is 10.8 Å². The topological polar surface area (TPSA) is 125 Å². The Bertz CT molecular complexity index is 536. The van der Waals surface area contributed by atoms with Crippen LogP contribution in [0.5, 0.6) is 0 Å². The molecule has 1 aliphatic rings. The molecule has 0 bridgehead atoms. The Hall–Kier alpha value is -2.19. The predicted octanol–water partition coefficient (Wildman–Crippen LogP) is 2.63. The quantitative estimate of drug-likeness (QED) is 0.293. The molecule has 1 amide bonds. The molecule has 28 heavy (non-hydrogen) atoms. The molecule has 0 spiro atoms. The van der Waals surface area contributed by atoms with Gasteiger partial charge in [-0.1, -0.05) is 45.4 Å². The maximum atomic E-state index is 12.6. The summed E-state index contributed by atoms with van der Waals surface area (Å²) in [6, 6.07) is -3.10. The molecule has 160 valence electrons. The zero-order valence-corrected chi connectivity index (χ0v) is 17.1. The smallest absolute Gasteiger partial charge is 0.330 e. The van der Waals surface area contributed by atoms with Crippen molar-refractivity contribution in [3.63, 3.8) is 0 Å². The molecule has 0 aliphatic heterocycles. The number of aliphatic carboxylic acids is 1. The molecule has 3 atom stereocenters. The van der Waals surface area contributed by atoms with Crippen LogP contribution >= 0.6 is 0 Å². The van der Waals surface area contributed by atoms with Crippen molar-refractivity contribution in [1.29, 1.82) is 0 Å². The summed E-state index contributed by atoms with van der Waals surface area (Å²) < 4.78 is 4.98. The van der Waals surface area contributed by atoms with Crippen LogP contribution in [-0.2, 0) is 19.1 Å². The largest absolute Gasteiger partial charge is 0.480 e. The molecule has 0 aromatic heterocycles. The van der Waals surface area contributed by atoms with Gasteiger partial charge in [-0.3, -0.25) is 4.79 Å². The molecule has 1 aliphatic carbocycles. The van der Waals surface area contributed by atoms with Gasteiger partial charge in [0.1, 0.15) is 18.1 Å². The average Bonchev–Trinajstić information content (AvgIpc) is 2.68. The van der Waals surface area contributed by atoms with Crippen LogP contribution in [0.1, 0.15) is 72.1 Å². The van der Waals surface area contributed by atoms with E-state index in [-0.39, 0.29) is 12.5 Å². The van der Waals surface area contributed by atoms with E-state index in [9.17, 15) is 24.4 Å². The van der Waals surface area contributed by atoms with E-state index in [2.05, 4.69) is 10.6 Å². The Labute approximate surface area is 166 Å². The van der Waals surface area contributed by atoms with E-state index >= 15 is 0 Å². The number of hydrogen-bond acceptors (Lipinski definition) is 6. The van der Waals surface area contributed by atoms with Crippen molar-refractivity contribution < 1.29 is 24.2 Å². The molecule has 9 nitrogen and oxygen atoms in total. The third-order valence-electron chi connectivity index (χ3n) is 5.22. The van der Waals surface area contributed by atoms with Gasteiger partial charge in [-0.05, 0) is 32.6 Å². The minimum atomic E-state index is -1.10. The molecule has 0 unspecified atom stereocenters. The van der Waals surface area contributed by atoms with Crippen LogP contribution in [0.3, 0.4) is 0 Å². The second-order valence-electron chi connectivity index (χ2n) is 7.33. The van der Waals surface area contributed by atoms with Crippen LogP contribution in [0.4, 0.5) is 0 Å². The first-order valence-electron chi connectivity index (χ1n) is 10.2. The van der Waals surface area contributed by atoms with Gasteiger partial charge in [0.15, 0.2) is 0 Å². The predicted molar refractivity (Wildman–Crippen MR) is 103 cm³/mol. The Balaban J connectivity index is 2.82. The minimum absolute atomic E-state index is 0.148. The molecule has 0 aromatic rings. The Kier molecular flexibility index (Phi) is 10.5. The lowest BCUT2D eigenvalue weighted by molar-refractivity contribution is -0.152. The number of carboxylic acid groups (broad SMARTS) is 1. The maximum absolute atomic E-state index is 12.6. The number of ether oxygens (including phenoxy) is 1. The number of carboxylic acids is 1. The van der Waals surface area contributed by atoms with Gasteiger partial charge in [-0.25, -0.2) is 14.6 Å². The highest BCUT2D eigenvalue weighted by Gasteiger charge is 2.35. The van der Waals surface area contributed by atoms with E-state index in [4.69, 9.17) is 4.74 Å². The highest BCUT2D eigenvalue weighted by Crippen LogP contribution is 2.27. The molecule has 0 saturated heterocycles. The van der Waals surface area contributed by atoms with Gasteiger partial charge < -0.3 is 15.2 Å². The first kappa shape index (κ1) is 23.8. The van der Waals surface area contributed by atoms with E-state index in [1.54, 1.807) is 6.92 Å². The van der Waals surface area contributed by atoms with Crippen molar-refractivity contribution in [2.75, 3.05) is 6.61 Å². The Morgan fingerprint density at radius 3 is 2.36 bits per heavy atom. The lowest BCUT2D eigenvalue weighted by Gasteiger charge is -2.30. The second-order valence-corrected chi connectivity index (χ2v) is 7.33. The third kappa shape index (κ3) is 7.09. The van der Waals surface area contributed by atoms with Gasteiger partial charge in [0, 0.05) is 0 Å². The maximum Gasteiger partial charge on any atom is 0.330 e. The summed E-state index contributed by atoms with van der Waals surface area (Å²) in [4.78, 5) is 47.8. The summed E-state index contributed by atoms with van der Waals surface area (Å²) in [5.74, 6) is -2.11. The first-order valence-corrected chi connectivity index (χ1v) is 10.2. The lowest BCUT2D eigenvalue weighted by atomic mass is 9.85. The summed E-state index contributed by atoms with van der Waals surface area (Å²) in [7, 11) is 0. The van der Waals surface area contributed by atoms with Crippen molar-refractivity contribution in [2.24, 2.45) is 11.2 Å². The third-order valence-corrected chi connectivity index (χ3v) is 5.22. The molecule has 1 rings (SSSR count). The lowest BCUT2D eigenvalue weighted by Crippen LogP contribution is -2.53. The van der Waals surface area contributed by atoms with Crippen LogP contribution < -0.4 is 5.32 Å². The van der Waals surface area contributed by atoms with Crippen LogP contribution in [0.2, 0.25) is 0 Å². The molecule has 0 aromatic carbocycles. The molecule has 9 heteroatoms. The highest BCUT2D eigenvalue weighted by molar-refractivity contribution is 5.87. The van der Waals surface area contributed by atoms with Gasteiger partial charge in [0.05, 0.1) is 11.9 Å². The van der Waals surface area contributed by atoms with E-state index < -0.39 is 36.0 Å². The van der Waals surface area contributed by atoms with Crippen LogP contribution in [0.25, 0.3) is 0 Å². The fraction of sp³-hybridized carbons (Fsp3) is 0.842. The van der Waals surface area contributed by atoms with Crippen molar-refractivity contribution in [3.8, 4) is 0 Å². The number of amides is 1. The Morgan fingerprint density at radius 2 is 1.86 bits per heavy atom. The van der Waals surface area contributed by atoms with Gasteiger partial charge >= 0.3 is 11.9 Å². The van der Waals surface area contributed by atoms with Crippen molar-refractivity contribution in [3.05, 3.63) is 4.91 Å². The van der Waals surface area contributed by atoms with Gasteiger partial charge in [0.25, 0.3) is 0 Å². The van der Waals surface area contributed by atoms with Crippen molar-refractivity contribution in [2.45, 2.75) is 90.3 Å². The van der Waals surface area contributed by atoms with Crippen molar-refractivity contribution >= 4 is 17.8 Å². The normalized spacial score (nSPS) is 17.8. The van der Waals surface area contributed by atoms with Gasteiger partial charge in [-0.2, -0.15) is 0 Å². The molecule has 1 saturated carbocycles. The number of nitroso groups, excluding NO2 is 1. The molecule has 0 heterocycles.